The molecule has 0 spiro atoms. The normalized spacial score (nSPS) is 10.1. The highest BCUT2D eigenvalue weighted by Gasteiger charge is 2.21. The molecule has 0 atom stereocenters. The standard InChI is InChI=1S/C39H42N3O15P/c1-25(2)34(43)49-19-22-52-37(46)40-28-7-13-31(14-8-28)55-58(56-32-15-9-29(10-16-32)41-38(47)53-23-20-50-35(44)26(3)4)57-33-17-11-30(12-18-33)42-39(48)54-24-21-51-36(45)27(5)6/h7-18H,1,3,5,19-24H2,2,4,6H3,(H,40,46)(H,41,47)(H,42,48). The van der Waals surface area contributed by atoms with E-state index in [1.165, 1.54) is 20.8 Å². The molecule has 3 aromatic rings. The van der Waals surface area contributed by atoms with E-state index in [-0.39, 0.29) is 56.4 Å². The van der Waals surface area contributed by atoms with Crippen molar-refractivity contribution in [3.8, 4) is 17.2 Å². The van der Waals surface area contributed by atoms with E-state index in [9.17, 15) is 28.8 Å². The monoisotopic (exact) mass is 823 g/mol. The van der Waals surface area contributed by atoms with Crippen LogP contribution in [0.15, 0.2) is 109 Å². The van der Waals surface area contributed by atoms with Gasteiger partial charge in [-0.05, 0) is 93.6 Å². The van der Waals surface area contributed by atoms with E-state index in [4.69, 9.17) is 42.0 Å². The number of anilines is 3. The number of amides is 3. The Morgan fingerprint density at radius 1 is 0.414 bits per heavy atom. The molecule has 3 amide bonds. The van der Waals surface area contributed by atoms with Gasteiger partial charge in [0.2, 0.25) is 0 Å². The van der Waals surface area contributed by atoms with E-state index < -0.39 is 44.8 Å². The lowest BCUT2D eigenvalue weighted by Crippen LogP contribution is -2.18. The summed E-state index contributed by atoms with van der Waals surface area (Å²) in [5, 5.41) is 7.62. The van der Waals surface area contributed by atoms with E-state index in [0.717, 1.165) is 0 Å². The molecule has 0 radical (unpaired) electrons. The lowest BCUT2D eigenvalue weighted by molar-refractivity contribution is -0.140. The predicted molar refractivity (Wildman–Crippen MR) is 210 cm³/mol. The molecule has 18 nitrogen and oxygen atoms in total. The third-order valence-corrected chi connectivity index (χ3v) is 7.62. The van der Waals surface area contributed by atoms with Gasteiger partial charge in [0.1, 0.15) is 56.9 Å². The van der Waals surface area contributed by atoms with Gasteiger partial charge < -0.3 is 42.0 Å². The summed E-state index contributed by atoms with van der Waals surface area (Å²) in [6, 6.07) is 18.5. The fourth-order valence-corrected chi connectivity index (χ4v) is 4.74. The Kier molecular flexibility index (Phi) is 18.6. The van der Waals surface area contributed by atoms with E-state index >= 15 is 0 Å². The van der Waals surface area contributed by atoms with Gasteiger partial charge in [-0.3, -0.25) is 16.0 Å². The molecule has 0 bridgehead atoms. The summed E-state index contributed by atoms with van der Waals surface area (Å²) >= 11 is 0. The Labute approximate surface area is 335 Å². The van der Waals surface area contributed by atoms with Crippen molar-refractivity contribution in [3.63, 3.8) is 0 Å². The summed E-state index contributed by atoms with van der Waals surface area (Å²) in [6.45, 7) is 14.0. The Hall–Kier alpha value is -7.07. The van der Waals surface area contributed by atoms with Gasteiger partial charge in [-0.1, -0.05) is 19.7 Å². The summed E-state index contributed by atoms with van der Waals surface area (Å²) in [4.78, 5) is 70.9. The molecule has 3 rings (SSSR count). The lowest BCUT2D eigenvalue weighted by atomic mass is 10.3. The highest BCUT2D eigenvalue weighted by molar-refractivity contribution is 7.43. The number of carbonyl (C=O) groups excluding carboxylic acids is 6. The maximum Gasteiger partial charge on any atom is 0.530 e. The molecule has 0 aliphatic rings. The highest BCUT2D eigenvalue weighted by Crippen LogP contribution is 2.43. The number of ether oxygens (including phenoxy) is 6. The van der Waals surface area contributed by atoms with E-state index in [2.05, 4.69) is 35.7 Å². The smallest absolute Gasteiger partial charge is 0.459 e. The van der Waals surface area contributed by atoms with Crippen LogP contribution in [-0.2, 0) is 42.8 Å². The lowest BCUT2D eigenvalue weighted by Gasteiger charge is -2.18. The van der Waals surface area contributed by atoms with Crippen LogP contribution in [0.5, 0.6) is 17.2 Å². The van der Waals surface area contributed by atoms with Crippen LogP contribution in [0.1, 0.15) is 20.8 Å². The van der Waals surface area contributed by atoms with Crippen molar-refractivity contribution in [1.29, 1.82) is 0 Å². The third kappa shape index (κ3) is 17.6. The number of carbonyl (C=O) groups is 6. The number of hydrogen-bond acceptors (Lipinski definition) is 15. The number of esters is 3. The topological polar surface area (TPSA) is 222 Å². The molecule has 0 saturated heterocycles. The summed E-state index contributed by atoms with van der Waals surface area (Å²) in [5.41, 5.74) is 1.76. The quantitative estimate of drug-likeness (QED) is 0.0312. The van der Waals surface area contributed by atoms with Crippen molar-refractivity contribution in [3.05, 3.63) is 109 Å². The molecule has 3 aromatic carbocycles. The molecule has 19 heteroatoms. The van der Waals surface area contributed by atoms with Gasteiger partial charge in [0.25, 0.3) is 0 Å². The first kappa shape index (κ1) is 45.3. The number of hydrogen-bond donors (Lipinski definition) is 3. The zero-order valence-corrected chi connectivity index (χ0v) is 32.8. The van der Waals surface area contributed by atoms with Gasteiger partial charge in [0, 0.05) is 33.8 Å². The van der Waals surface area contributed by atoms with Crippen molar-refractivity contribution in [2.24, 2.45) is 0 Å². The second-order valence-electron chi connectivity index (χ2n) is 11.6. The summed E-state index contributed by atoms with van der Waals surface area (Å²) in [6.07, 6.45) is -2.33. The molecular formula is C39H42N3O15P. The van der Waals surface area contributed by atoms with Crippen LogP contribution < -0.4 is 29.5 Å². The van der Waals surface area contributed by atoms with Gasteiger partial charge in [-0.25, -0.2) is 28.8 Å². The first-order valence-electron chi connectivity index (χ1n) is 17.1. The number of nitrogens with one attached hydrogen (secondary N) is 3. The van der Waals surface area contributed by atoms with Gasteiger partial charge in [-0.15, -0.1) is 0 Å². The summed E-state index contributed by atoms with van der Waals surface area (Å²) in [7, 11) is -2.21. The van der Waals surface area contributed by atoms with Crippen LogP contribution in [0.3, 0.4) is 0 Å². The number of rotatable bonds is 21. The number of benzene rings is 3. The Balaban J connectivity index is 1.61. The molecule has 308 valence electrons. The summed E-state index contributed by atoms with van der Waals surface area (Å²) < 4.78 is 47.8. The Morgan fingerprint density at radius 2 is 0.638 bits per heavy atom. The van der Waals surface area contributed by atoms with Crippen molar-refractivity contribution in [2.45, 2.75) is 20.8 Å². The molecule has 58 heavy (non-hydrogen) atoms. The minimum absolute atomic E-state index is 0.139. The SMILES string of the molecule is C=C(C)C(=O)OCCOC(=O)Nc1ccc(OP(Oc2ccc(NC(=O)OCCOC(=O)C(=C)C)cc2)Oc2ccc(NC(=O)OCCOC(=O)C(=C)C)cc2)cc1. The largest absolute Gasteiger partial charge is 0.530 e. The van der Waals surface area contributed by atoms with Crippen LogP contribution in [0, 0.1) is 0 Å². The zero-order valence-electron chi connectivity index (χ0n) is 31.9. The molecule has 3 N–H and O–H groups in total. The molecule has 0 saturated carbocycles. The molecule has 0 aliphatic heterocycles. The molecular weight excluding hydrogens is 781 g/mol. The molecule has 0 unspecified atom stereocenters. The highest BCUT2D eigenvalue weighted by atomic mass is 31.2. The minimum Gasteiger partial charge on any atom is -0.459 e. The van der Waals surface area contributed by atoms with Gasteiger partial charge in [0.05, 0.1) is 0 Å². The first-order valence-corrected chi connectivity index (χ1v) is 18.2. The Bertz CT molecular complexity index is 1710. The maximum atomic E-state index is 12.2. The zero-order chi connectivity index (χ0) is 42.5. The maximum absolute atomic E-state index is 12.2. The van der Waals surface area contributed by atoms with Crippen LogP contribution in [0.2, 0.25) is 0 Å². The van der Waals surface area contributed by atoms with E-state index in [1.54, 1.807) is 72.8 Å². The first-order chi connectivity index (χ1) is 27.7. The fourth-order valence-electron chi connectivity index (χ4n) is 3.75. The summed E-state index contributed by atoms with van der Waals surface area (Å²) in [5.74, 6) is -0.907. The van der Waals surface area contributed by atoms with Crippen molar-refractivity contribution in [2.75, 3.05) is 55.6 Å². The van der Waals surface area contributed by atoms with E-state index in [1.807, 2.05) is 0 Å². The molecule has 0 fully saturated rings. The van der Waals surface area contributed by atoms with Crippen molar-refractivity contribution in [1.82, 2.24) is 0 Å². The molecule has 0 aromatic heterocycles. The Morgan fingerprint density at radius 3 is 0.862 bits per heavy atom. The van der Waals surface area contributed by atoms with Crippen LogP contribution >= 0.6 is 8.60 Å². The van der Waals surface area contributed by atoms with Crippen molar-refractivity contribution >= 4 is 61.9 Å². The van der Waals surface area contributed by atoms with E-state index in [0.29, 0.717) is 34.3 Å². The van der Waals surface area contributed by atoms with Crippen LogP contribution in [0.4, 0.5) is 31.4 Å². The van der Waals surface area contributed by atoms with Gasteiger partial charge >= 0.3 is 44.8 Å². The molecule has 0 aliphatic carbocycles. The van der Waals surface area contributed by atoms with Crippen LogP contribution in [0.25, 0.3) is 0 Å². The van der Waals surface area contributed by atoms with Crippen molar-refractivity contribution < 1.29 is 70.8 Å². The predicted octanol–water partition coefficient (Wildman–Crippen LogP) is 7.45. The van der Waals surface area contributed by atoms with Crippen LogP contribution in [-0.4, -0.2) is 75.8 Å². The fraction of sp³-hybridized carbons (Fsp3) is 0.231. The second kappa shape index (κ2) is 23.8. The molecule has 0 heterocycles. The third-order valence-electron chi connectivity index (χ3n) is 6.54. The average Bonchev–Trinajstić information content (AvgIpc) is 3.18. The average molecular weight is 824 g/mol. The van der Waals surface area contributed by atoms with Gasteiger partial charge in [0.15, 0.2) is 0 Å². The van der Waals surface area contributed by atoms with Gasteiger partial charge in [-0.2, -0.15) is 0 Å². The minimum atomic E-state index is -2.21. The second-order valence-corrected chi connectivity index (χ2v) is 12.6.